The number of Topliss-reactive ketones (excluding diaryl/α,β-unsaturated/α-hetero) is 1. The smallest absolute Gasteiger partial charge is 0.172 e. The number of hydrogen-bond donors (Lipinski definition) is 0. The van der Waals surface area contributed by atoms with Gasteiger partial charge < -0.3 is 0 Å². The summed E-state index contributed by atoms with van der Waals surface area (Å²) < 4.78 is 0. The lowest BCUT2D eigenvalue weighted by Crippen LogP contribution is -1.90. The molecule has 2 heteroatoms. The Hall–Kier alpha value is -1.41. The van der Waals surface area contributed by atoms with Crippen LogP contribution in [0.3, 0.4) is 0 Å². The summed E-state index contributed by atoms with van der Waals surface area (Å²) in [5.74, 6) is 0.233. The Kier molecular flexibility index (Phi) is 3.43. The van der Waals surface area contributed by atoms with Gasteiger partial charge in [0.2, 0.25) is 0 Å². The fourth-order valence-corrected chi connectivity index (χ4v) is 3.05. The first-order valence-electron chi connectivity index (χ1n) is 5.82. The number of aryl methyl sites for hydroxylation is 2. The van der Waals surface area contributed by atoms with E-state index >= 15 is 0 Å². The van der Waals surface area contributed by atoms with Gasteiger partial charge in [-0.15, -0.1) is 11.3 Å². The van der Waals surface area contributed by atoms with Crippen LogP contribution in [-0.4, -0.2) is 5.78 Å². The SMILES string of the molecule is CCC(=O)c1cc(C)c(-c2cccc(C)c2)s1. The van der Waals surface area contributed by atoms with E-state index in [4.69, 9.17) is 0 Å². The van der Waals surface area contributed by atoms with Crippen molar-refractivity contribution in [2.75, 3.05) is 0 Å². The van der Waals surface area contributed by atoms with Crippen molar-refractivity contribution in [3.05, 3.63) is 46.3 Å². The number of hydrogen-bond acceptors (Lipinski definition) is 2. The number of ketones is 1. The highest BCUT2D eigenvalue weighted by Gasteiger charge is 2.12. The highest BCUT2D eigenvalue weighted by atomic mass is 32.1. The zero-order valence-electron chi connectivity index (χ0n) is 10.4. The van der Waals surface area contributed by atoms with Gasteiger partial charge in [-0.25, -0.2) is 0 Å². The van der Waals surface area contributed by atoms with Crippen LogP contribution >= 0.6 is 11.3 Å². The van der Waals surface area contributed by atoms with Gasteiger partial charge in [0, 0.05) is 11.3 Å². The van der Waals surface area contributed by atoms with E-state index in [1.54, 1.807) is 11.3 Å². The molecule has 0 saturated heterocycles. The van der Waals surface area contributed by atoms with E-state index in [9.17, 15) is 4.79 Å². The van der Waals surface area contributed by atoms with E-state index in [1.165, 1.54) is 21.6 Å². The molecule has 2 rings (SSSR count). The second-order valence-electron chi connectivity index (χ2n) is 4.27. The highest BCUT2D eigenvalue weighted by molar-refractivity contribution is 7.17. The molecule has 17 heavy (non-hydrogen) atoms. The molecule has 1 aromatic heterocycles. The molecule has 2 aromatic rings. The Morgan fingerprint density at radius 3 is 2.65 bits per heavy atom. The van der Waals surface area contributed by atoms with Gasteiger partial charge in [-0.3, -0.25) is 4.79 Å². The number of benzene rings is 1. The summed E-state index contributed by atoms with van der Waals surface area (Å²) in [6.45, 7) is 6.06. The van der Waals surface area contributed by atoms with Crippen molar-refractivity contribution < 1.29 is 4.79 Å². The second kappa shape index (κ2) is 4.84. The molecule has 1 nitrogen and oxygen atoms in total. The summed E-state index contributed by atoms with van der Waals surface area (Å²) >= 11 is 1.60. The molecule has 0 aliphatic heterocycles. The fourth-order valence-electron chi connectivity index (χ4n) is 1.87. The van der Waals surface area contributed by atoms with Crippen LogP contribution in [0.4, 0.5) is 0 Å². The Labute approximate surface area is 106 Å². The third kappa shape index (κ3) is 2.47. The average Bonchev–Trinajstić information content (AvgIpc) is 2.70. The number of carbonyl (C=O) groups excluding carboxylic acids is 1. The molecular weight excluding hydrogens is 228 g/mol. The van der Waals surface area contributed by atoms with Crippen LogP contribution in [0.5, 0.6) is 0 Å². The Balaban J connectivity index is 2.46. The van der Waals surface area contributed by atoms with E-state index in [0.29, 0.717) is 6.42 Å². The summed E-state index contributed by atoms with van der Waals surface area (Å²) in [7, 11) is 0. The summed E-state index contributed by atoms with van der Waals surface area (Å²) in [6.07, 6.45) is 0.577. The van der Waals surface area contributed by atoms with E-state index in [2.05, 4.69) is 38.1 Å². The van der Waals surface area contributed by atoms with Gasteiger partial charge in [0.25, 0.3) is 0 Å². The molecule has 0 spiro atoms. The maximum atomic E-state index is 11.7. The Bertz CT molecular complexity index is 552. The van der Waals surface area contributed by atoms with E-state index < -0.39 is 0 Å². The first-order chi connectivity index (χ1) is 8.11. The van der Waals surface area contributed by atoms with Gasteiger partial charge in [-0.2, -0.15) is 0 Å². The van der Waals surface area contributed by atoms with Crippen molar-refractivity contribution in [2.45, 2.75) is 27.2 Å². The van der Waals surface area contributed by atoms with E-state index in [0.717, 1.165) is 4.88 Å². The highest BCUT2D eigenvalue weighted by Crippen LogP contribution is 2.33. The lowest BCUT2D eigenvalue weighted by atomic mass is 10.1. The molecular formula is C15H16OS. The summed E-state index contributed by atoms with van der Waals surface area (Å²) in [5, 5.41) is 0. The summed E-state index contributed by atoms with van der Waals surface area (Å²) in [6, 6.07) is 10.4. The van der Waals surface area contributed by atoms with Crippen molar-refractivity contribution in [3.8, 4) is 10.4 Å². The molecule has 1 aromatic carbocycles. The minimum Gasteiger partial charge on any atom is -0.293 e. The Morgan fingerprint density at radius 2 is 2.00 bits per heavy atom. The third-order valence-electron chi connectivity index (χ3n) is 2.79. The maximum absolute atomic E-state index is 11.7. The van der Waals surface area contributed by atoms with Crippen LogP contribution in [-0.2, 0) is 0 Å². The van der Waals surface area contributed by atoms with Crippen molar-refractivity contribution in [1.29, 1.82) is 0 Å². The van der Waals surface area contributed by atoms with Gasteiger partial charge >= 0.3 is 0 Å². The van der Waals surface area contributed by atoms with Crippen LogP contribution in [0.1, 0.15) is 34.1 Å². The normalized spacial score (nSPS) is 10.5. The second-order valence-corrected chi connectivity index (χ2v) is 5.32. The van der Waals surface area contributed by atoms with Crippen molar-refractivity contribution in [3.63, 3.8) is 0 Å². The zero-order valence-corrected chi connectivity index (χ0v) is 11.2. The fraction of sp³-hybridized carbons (Fsp3) is 0.267. The summed E-state index contributed by atoms with van der Waals surface area (Å²) in [4.78, 5) is 13.8. The van der Waals surface area contributed by atoms with Gasteiger partial charge in [-0.05, 0) is 31.0 Å². The van der Waals surface area contributed by atoms with Gasteiger partial charge in [-0.1, -0.05) is 36.8 Å². The topological polar surface area (TPSA) is 17.1 Å². The average molecular weight is 244 g/mol. The maximum Gasteiger partial charge on any atom is 0.172 e. The van der Waals surface area contributed by atoms with Crippen molar-refractivity contribution in [2.24, 2.45) is 0 Å². The Morgan fingerprint density at radius 1 is 1.24 bits per heavy atom. The standard InChI is InChI=1S/C15H16OS/c1-4-13(16)14-9-11(3)15(17-14)12-7-5-6-10(2)8-12/h5-9H,4H2,1-3H3. The molecule has 0 N–H and O–H groups in total. The van der Waals surface area contributed by atoms with Gasteiger partial charge in [0.1, 0.15) is 0 Å². The predicted molar refractivity (Wildman–Crippen MR) is 73.9 cm³/mol. The molecule has 0 atom stereocenters. The zero-order chi connectivity index (χ0) is 12.4. The first kappa shape index (κ1) is 12.1. The van der Waals surface area contributed by atoms with Crippen molar-refractivity contribution >= 4 is 17.1 Å². The molecule has 0 aliphatic rings. The molecule has 0 unspecified atom stereocenters. The van der Waals surface area contributed by atoms with Crippen molar-refractivity contribution in [1.82, 2.24) is 0 Å². The van der Waals surface area contributed by atoms with E-state index in [-0.39, 0.29) is 5.78 Å². The molecule has 0 amide bonds. The third-order valence-corrected chi connectivity index (χ3v) is 4.12. The monoisotopic (exact) mass is 244 g/mol. The van der Waals surface area contributed by atoms with Crippen LogP contribution in [0.25, 0.3) is 10.4 Å². The molecule has 88 valence electrons. The molecule has 0 fully saturated rings. The molecule has 0 saturated carbocycles. The minimum absolute atomic E-state index is 0.233. The summed E-state index contributed by atoms with van der Waals surface area (Å²) in [5.41, 5.74) is 3.65. The number of rotatable bonds is 3. The van der Waals surface area contributed by atoms with Crippen LogP contribution in [0.15, 0.2) is 30.3 Å². The van der Waals surface area contributed by atoms with Gasteiger partial charge in [0.15, 0.2) is 5.78 Å². The first-order valence-corrected chi connectivity index (χ1v) is 6.64. The lowest BCUT2D eigenvalue weighted by Gasteiger charge is -2.00. The number of thiophene rings is 1. The molecule has 0 radical (unpaired) electrons. The van der Waals surface area contributed by atoms with Crippen LogP contribution in [0.2, 0.25) is 0 Å². The molecule has 0 bridgehead atoms. The minimum atomic E-state index is 0.233. The van der Waals surface area contributed by atoms with E-state index in [1.807, 2.05) is 13.0 Å². The predicted octanol–water partition coefficient (Wildman–Crippen LogP) is 4.62. The van der Waals surface area contributed by atoms with Crippen LogP contribution < -0.4 is 0 Å². The number of carbonyl (C=O) groups is 1. The quantitative estimate of drug-likeness (QED) is 0.720. The largest absolute Gasteiger partial charge is 0.293 e. The van der Waals surface area contributed by atoms with Crippen LogP contribution in [0, 0.1) is 13.8 Å². The molecule has 1 heterocycles. The van der Waals surface area contributed by atoms with Gasteiger partial charge in [0.05, 0.1) is 4.88 Å². The lowest BCUT2D eigenvalue weighted by molar-refractivity contribution is 0.0992. The molecule has 0 aliphatic carbocycles.